The lowest BCUT2D eigenvalue weighted by Crippen LogP contribution is -2.45. The second-order valence-corrected chi connectivity index (χ2v) is 11.2. The second-order valence-electron chi connectivity index (χ2n) is 11.2. The zero-order chi connectivity index (χ0) is 30.3. The van der Waals surface area contributed by atoms with Gasteiger partial charge >= 0.3 is 6.09 Å². The van der Waals surface area contributed by atoms with Crippen LogP contribution in [0.15, 0.2) is 103 Å². The molecule has 1 fully saturated rings. The van der Waals surface area contributed by atoms with Crippen LogP contribution in [0.25, 0.3) is 28.2 Å². The van der Waals surface area contributed by atoms with Crippen molar-refractivity contribution in [1.82, 2.24) is 20.3 Å². The summed E-state index contributed by atoms with van der Waals surface area (Å²) in [7, 11) is 0. The molecule has 0 unspecified atom stereocenters. The molecule has 2 N–H and O–H groups in total. The van der Waals surface area contributed by atoms with E-state index >= 15 is 0 Å². The Balaban J connectivity index is 1.22. The molecule has 0 bridgehead atoms. The van der Waals surface area contributed by atoms with Crippen LogP contribution >= 0.6 is 0 Å². The highest BCUT2D eigenvalue weighted by atomic mass is 16.4. The monoisotopic (exact) mass is 585 g/mol. The number of fused-ring (bicyclic) bond motifs is 1. The van der Waals surface area contributed by atoms with Crippen molar-refractivity contribution in [2.75, 3.05) is 4.90 Å². The molecular weight excluding hydrogens is 550 g/mol. The molecule has 0 spiro atoms. The summed E-state index contributed by atoms with van der Waals surface area (Å²) in [6.07, 6.45) is 7.24. The van der Waals surface area contributed by atoms with E-state index in [9.17, 15) is 14.7 Å². The van der Waals surface area contributed by atoms with Crippen molar-refractivity contribution in [3.8, 4) is 11.1 Å². The normalized spacial score (nSPS) is 16.7. The number of carbonyl (C=O) groups excluding carboxylic acids is 1. The van der Waals surface area contributed by atoms with Crippen molar-refractivity contribution in [1.29, 1.82) is 0 Å². The number of anilines is 1. The van der Waals surface area contributed by atoms with Crippen molar-refractivity contribution < 1.29 is 14.7 Å². The van der Waals surface area contributed by atoms with E-state index in [0.717, 1.165) is 60.7 Å². The van der Waals surface area contributed by atoms with E-state index in [1.54, 1.807) is 21.7 Å². The summed E-state index contributed by atoms with van der Waals surface area (Å²) in [6, 6.07) is 31.9. The number of amides is 1. The van der Waals surface area contributed by atoms with Crippen LogP contribution in [-0.2, 0) is 13.1 Å². The maximum atomic E-state index is 12.9. The fourth-order valence-corrected chi connectivity index (χ4v) is 6.05. The molecule has 0 saturated heterocycles. The number of hydrogen-bond acceptors (Lipinski definition) is 5. The highest BCUT2D eigenvalue weighted by molar-refractivity contribution is 5.94. The summed E-state index contributed by atoms with van der Waals surface area (Å²) in [5, 5.41) is 22.6. The number of allylic oxidation sites excluding steroid dienone is 1. The van der Waals surface area contributed by atoms with Gasteiger partial charge in [0.15, 0.2) is 0 Å². The van der Waals surface area contributed by atoms with Gasteiger partial charge in [0.25, 0.3) is 0 Å². The average Bonchev–Trinajstić information content (AvgIpc) is 3.47. The molecule has 6 rings (SSSR count). The summed E-state index contributed by atoms with van der Waals surface area (Å²) < 4.78 is 1.77. The molecule has 4 aromatic carbocycles. The molecule has 1 amide bonds. The van der Waals surface area contributed by atoms with Crippen LogP contribution in [-0.4, -0.2) is 44.6 Å². The third kappa shape index (κ3) is 6.61. The molecule has 0 atom stereocenters. The number of aldehydes is 1. The fraction of sp³-hybridized carbons (Fsp3) is 0.222. The predicted octanol–water partition coefficient (Wildman–Crippen LogP) is 7.21. The van der Waals surface area contributed by atoms with Crippen LogP contribution in [0.2, 0.25) is 0 Å². The van der Waals surface area contributed by atoms with Crippen LogP contribution in [0.1, 0.15) is 47.2 Å². The molecule has 0 radical (unpaired) electrons. The first-order valence-electron chi connectivity index (χ1n) is 15.0. The molecule has 8 nitrogen and oxygen atoms in total. The molecule has 44 heavy (non-hydrogen) atoms. The van der Waals surface area contributed by atoms with Gasteiger partial charge < -0.3 is 10.4 Å². The number of rotatable bonds is 10. The molecule has 8 heteroatoms. The van der Waals surface area contributed by atoms with Gasteiger partial charge in [0.1, 0.15) is 11.8 Å². The summed E-state index contributed by atoms with van der Waals surface area (Å²) in [5.41, 5.74) is 6.78. The van der Waals surface area contributed by atoms with Crippen molar-refractivity contribution in [2.24, 2.45) is 0 Å². The standard InChI is InChI=1S/C36H35N5O3/c42-25-28-14-20-34-33(22-28)38-39-40(34)21-7-10-26-13-19-32(29-11-5-2-6-12-29)35(23-26)41(36(43)44)31-17-15-30(16-18-31)37-24-27-8-3-1-4-9-27/h1-14,19-20,22-23,25,30-31,37H,15-18,21,24H2,(H,43,44). The van der Waals surface area contributed by atoms with Gasteiger partial charge in [0.05, 0.1) is 17.7 Å². The minimum Gasteiger partial charge on any atom is -0.465 e. The number of hydrogen-bond donors (Lipinski definition) is 2. The van der Waals surface area contributed by atoms with E-state index in [2.05, 4.69) is 27.8 Å². The topological polar surface area (TPSA) is 100 Å². The van der Waals surface area contributed by atoms with E-state index < -0.39 is 6.09 Å². The zero-order valence-corrected chi connectivity index (χ0v) is 24.4. The van der Waals surface area contributed by atoms with Gasteiger partial charge in [-0.3, -0.25) is 9.69 Å². The quantitative estimate of drug-likeness (QED) is 0.168. The Morgan fingerprint density at radius 3 is 2.36 bits per heavy atom. The van der Waals surface area contributed by atoms with Crippen molar-refractivity contribution in [2.45, 2.75) is 50.9 Å². The van der Waals surface area contributed by atoms with E-state index in [4.69, 9.17) is 0 Å². The highest BCUT2D eigenvalue weighted by Crippen LogP contribution is 2.36. The van der Waals surface area contributed by atoms with E-state index in [1.807, 2.05) is 84.9 Å². The summed E-state index contributed by atoms with van der Waals surface area (Å²) in [5.74, 6) is 0. The van der Waals surface area contributed by atoms with Crippen LogP contribution in [0.5, 0.6) is 0 Å². The van der Waals surface area contributed by atoms with Gasteiger partial charge in [-0.05, 0) is 66.6 Å². The minimum absolute atomic E-state index is 0.110. The van der Waals surface area contributed by atoms with Crippen molar-refractivity contribution in [3.05, 3.63) is 120 Å². The first kappa shape index (κ1) is 29.0. The maximum Gasteiger partial charge on any atom is 0.412 e. The van der Waals surface area contributed by atoms with Crippen molar-refractivity contribution in [3.63, 3.8) is 0 Å². The first-order chi connectivity index (χ1) is 21.6. The Morgan fingerprint density at radius 2 is 1.64 bits per heavy atom. The second kappa shape index (κ2) is 13.5. The van der Waals surface area contributed by atoms with Gasteiger partial charge in [-0.15, -0.1) is 5.10 Å². The van der Waals surface area contributed by atoms with Crippen LogP contribution in [0, 0.1) is 0 Å². The lowest BCUT2D eigenvalue weighted by atomic mass is 9.89. The van der Waals surface area contributed by atoms with Crippen molar-refractivity contribution >= 4 is 35.2 Å². The zero-order valence-electron chi connectivity index (χ0n) is 24.4. The van der Waals surface area contributed by atoms with Crippen LogP contribution < -0.4 is 10.2 Å². The predicted molar refractivity (Wildman–Crippen MR) is 174 cm³/mol. The molecule has 1 aliphatic carbocycles. The minimum atomic E-state index is -0.937. The van der Waals surface area contributed by atoms with Gasteiger partial charge in [0, 0.05) is 29.8 Å². The number of aromatic nitrogens is 3. The Bertz CT molecular complexity index is 1760. The number of benzene rings is 4. The van der Waals surface area contributed by atoms with Gasteiger partial charge in [0.2, 0.25) is 0 Å². The summed E-state index contributed by atoms with van der Waals surface area (Å²) in [4.78, 5) is 25.6. The smallest absolute Gasteiger partial charge is 0.412 e. The summed E-state index contributed by atoms with van der Waals surface area (Å²) >= 11 is 0. The van der Waals surface area contributed by atoms with E-state index in [1.165, 1.54) is 5.56 Å². The lowest BCUT2D eigenvalue weighted by Gasteiger charge is -2.36. The van der Waals surface area contributed by atoms with Gasteiger partial charge in [-0.2, -0.15) is 0 Å². The Morgan fingerprint density at radius 1 is 0.909 bits per heavy atom. The Kier molecular flexibility index (Phi) is 8.89. The Hall–Kier alpha value is -5.08. The average molecular weight is 586 g/mol. The number of carbonyl (C=O) groups is 2. The van der Waals surface area contributed by atoms with Crippen LogP contribution in [0.4, 0.5) is 10.5 Å². The molecular formula is C36H35N5O3. The molecule has 1 aromatic heterocycles. The SMILES string of the molecule is O=Cc1ccc2c(c1)nnn2CC=Cc1ccc(-c2ccccc2)c(N(C(=O)O)C2CCC(NCc3ccccc3)CC2)c1. The van der Waals surface area contributed by atoms with Gasteiger partial charge in [-0.25, -0.2) is 9.48 Å². The largest absolute Gasteiger partial charge is 0.465 e. The molecule has 1 saturated carbocycles. The molecule has 1 aliphatic rings. The molecule has 1 heterocycles. The fourth-order valence-electron chi connectivity index (χ4n) is 6.05. The van der Waals surface area contributed by atoms with Gasteiger partial charge in [-0.1, -0.05) is 90.2 Å². The molecule has 222 valence electrons. The number of nitrogens with zero attached hydrogens (tertiary/aromatic N) is 4. The van der Waals surface area contributed by atoms with Crippen LogP contribution in [0.3, 0.4) is 0 Å². The summed E-state index contributed by atoms with van der Waals surface area (Å²) in [6.45, 7) is 1.30. The third-order valence-electron chi connectivity index (χ3n) is 8.33. The first-order valence-corrected chi connectivity index (χ1v) is 15.0. The number of nitrogens with one attached hydrogen (secondary N) is 1. The van der Waals surface area contributed by atoms with E-state index in [-0.39, 0.29) is 6.04 Å². The molecule has 5 aromatic rings. The maximum absolute atomic E-state index is 12.9. The van der Waals surface area contributed by atoms with E-state index in [0.29, 0.717) is 29.4 Å². The lowest BCUT2D eigenvalue weighted by molar-refractivity contribution is 0.112. The number of carboxylic acid groups (broad SMARTS) is 1. The third-order valence-corrected chi connectivity index (χ3v) is 8.33. The highest BCUT2D eigenvalue weighted by Gasteiger charge is 2.31. The molecule has 0 aliphatic heterocycles. The Labute approximate surface area is 256 Å².